The third-order valence-corrected chi connectivity index (χ3v) is 1.97. The summed E-state index contributed by atoms with van der Waals surface area (Å²) >= 11 is 0. The topological polar surface area (TPSA) is 47.4 Å². The SMILES string of the molecule is CCOC(=O)CN(C)CCn1cccn1. The molecule has 0 fully saturated rings. The average molecular weight is 211 g/mol. The smallest absolute Gasteiger partial charge is 0.320 e. The van der Waals surface area contributed by atoms with Crippen LogP contribution in [0.4, 0.5) is 0 Å². The number of hydrogen-bond acceptors (Lipinski definition) is 4. The number of esters is 1. The molecule has 0 unspecified atom stereocenters. The van der Waals surface area contributed by atoms with Gasteiger partial charge in [-0.05, 0) is 20.0 Å². The van der Waals surface area contributed by atoms with Gasteiger partial charge in [-0.2, -0.15) is 5.10 Å². The second-order valence-corrected chi connectivity index (χ2v) is 3.31. The minimum atomic E-state index is -0.180. The van der Waals surface area contributed by atoms with Crippen LogP contribution in [0.5, 0.6) is 0 Å². The van der Waals surface area contributed by atoms with Gasteiger partial charge in [0.15, 0.2) is 0 Å². The molecule has 0 bridgehead atoms. The molecular formula is C10H17N3O2. The molecule has 5 nitrogen and oxygen atoms in total. The van der Waals surface area contributed by atoms with Crippen LogP contribution in [0.3, 0.4) is 0 Å². The molecule has 0 N–H and O–H groups in total. The van der Waals surface area contributed by atoms with Crippen molar-refractivity contribution in [3.63, 3.8) is 0 Å². The highest BCUT2D eigenvalue weighted by Crippen LogP contribution is 1.89. The van der Waals surface area contributed by atoms with E-state index in [0.29, 0.717) is 13.2 Å². The zero-order chi connectivity index (χ0) is 11.1. The van der Waals surface area contributed by atoms with Crippen molar-refractivity contribution in [3.05, 3.63) is 18.5 Å². The monoisotopic (exact) mass is 211 g/mol. The Labute approximate surface area is 89.6 Å². The molecule has 0 spiro atoms. The Morgan fingerprint density at radius 2 is 2.40 bits per heavy atom. The summed E-state index contributed by atoms with van der Waals surface area (Å²) in [6.45, 7) is 4.13. The van der Waals surface area contributed by atoms with Gasteiger partial charge in [0.2, 0.25) is 0 Å². The highest BCUT2D eigenvalue weighted by molar-refractivity contribution is 5.71. The summed E-state index contributed by atoms with van der Waals surface area (Å²) in [5.41, 5.74) is 0. The molecular weight excluding hydrogens is 194 g/mol. The van der Waals surface area contributed by atoms with Gasteiger partial charge < -0.3 is 4.74 Å². The molecule has 84 valence electrons. The van der Waals surface area contributed by atoms with E-state index in [9.17, 15) is 4.79 Å². The summed E-state index contributed by atoms with van der Waals surface area (Å²) in [7, 11) is 1.89. The van der Waals surface area contributed by atoms with E-state index >= 15 is 0 Å². The zero-order valence-electron chi connectivity index (χ0n) is 9.22. The van der Waals surface area contributed by atoms with E-state index in [2.05, 4.69) is 5.10 Å². The van der Waals surface area contributed by atoms with Crippen LogP contribution in [0.25, 0.3) is 0 Å². The first-order valence-electron chi connectivity index (χ1n) is 5.04. The average Bonchev–Trinajstić information content (AvgIpc) is 2.67. The van der Waals surface area contributed by atoms with Crippen LogP contribution < -0.4 is 0 Å². The van der Waals surface area contributed by atoms with Crippen molar-refractivity contribution >= 4 is 5.97 Å². The van der Waals surface area contributed by atoms with Gasteiger partial charge in [0.05, 0.1) is 19.7 Å². The fourth-order valence-corrected chi connectivity index (χ4v) is 1.21. The van der Waals surface area contributed by atoms with Crippen molar-refractivity contribution in [2.24, 2.45) is 0 Å². The summed E-state index contributed by atoms with van der Waals surface area (Å²) in [5.74, 6) is -0.180. The number of carbonyl (C=O) groups is 1. The minimum absolute atomic E-state index is 0.180. The van der Waals surface area contributed by atoms with Crippen molar-refractivity contribution in [2.45, 2.75) is 13.5 Å². The fourth-order valence-electron chi connectivity index (χ4n) is 1.21. The number of ether oxygens (including phenoxy) is 1. The number of aromatic nitrogens is 2. The van der Waals surface area contributed by atoms with Crippen LogP contribution in [0, 0.1) is 0 Å². The predicted molar refractivity (Wildman–Crippen MR) is 56.4 cm³/mol. The fraction of sp³-hybridized carbons (Fsp3) is 0.600. The van der Waals surface area contributed by atoms with Gasteiger partial charge in [0.25, 0.3) is 0 Å². The number of nitrogens with zero attached hydrogens (tertiary/aromatic N) is 3. The minimum Gasteiger partial charge on any atom is -0.465 e. The molecule has 0 amide bonds. The van der Waals surface area contributed by atoms with Crippen molar-refractivity contribution in [1.82, 2.24) is 14.7 Å². The van der Waals surface area contributed by atoms with Crippen LogP contribution in [-0.4, -0.2) is 47.4 Å². The van der Waals surface area contributed by atoms with Crippen molar-refractivity contribution in [2.75, 3.05) is 26.7 Å². The number of carbonyl (C=O) groups excluding carboxylic acids is 1. The maximum absolute atomic E-state index is 11.1. The van der Waals surface area contributed by atoms with E-state index in [1.54, 1.807) is 6.20 Å². The molecule has 1 rings (SSSR count). The Hall–Kier alpha value is -1.36. The quantitative estimate of drug-likeness (QED) is 0.638. The second kappa shape index (κ2) is 6.19. The molecule has 0 atom stereocenters. The van der Waals surface area contributed by atoms with Gasteiger partial charge in [-0.25, -0.2) is 0 Å². The third-order valence-electron chi connectivity index (χ3n) is 1.97. The van der Waals surface area contributed by atoms with Gasteiger partial charge in [-0.1, -0.05) is 0 Å². The van der Waals surface area contributed by atoms with E-state index in [1.807, 2.05) is 35.8 Å². The molecule has 0 aliphatic rings. The molecule has 0 aliphatic heterocycles. The molecule has 0 radical (unpaired) electrons. The lowest BCUT2D eigenvalue weighted by Crippen LogP contribution is -2.30. The summed E-state index contributed by atoms with van der Waals surface area (Å²) in [6.07, 6.45) is 3.64. The largest absolute Gasteiger partial charge is 0.465 e. The second-order valence-electron chi connectivity index (χ2n) is 3.31. The van der Waals surface area contributed by atoms with Gasteiger partial charge in [0.1, 0.15) is 0 Å². The molecule has 5 heteroatoms. The lowest BCUT2D eigenvalue weighted by molar-refractivity contribution is -0.144. The zero-order valence-corrected chi connectivity index (χ0v) is 9.22. The number of hydrogen-bond donors (Lipinski definition) is 0. The Morgan fingerprint density at radius 3 is 3.00 bits per heavy atom. The molecule has 0 aromatic carbocycles. The number of rotatable bonds is 6. The first kappa shape index (κ1) is 11.7. The molecule has 1 heterocycles. The van der Waals surface area contributed by atoms with Crippen LogP contribution in [-0.2, 0) is 16.1 Å². The van der Waals surface area contributed by atoms with Crippen LogP contribution >= 0.6 is 0 Å². The molecule has 1 aromatic heterocycles. The highest BCUT2D eigenvalue weighted by atomic mass is 16.5. The van der Waals surface area contributed by atoms with Gasteiger partial charge >= 0.3 is 5.97 Å². The van der Waals surface area contributed by atoms with E-state index in [0.717, 1.165) is 13.1 Å². The summed E-state index contributed by atoms with van der Waals surface area (Å²) in [4.78, 5) is 13.0. The maximum Gasteiger partial charge on any atom is 0.320 e. The van der Waals surface area contributed by atoms with E-state index < -0.39 is 0 Å². The summed E-state index contributed by atoms with van der Waals surface area (Å²) < 4.78 is 6.68. The first-order valence-corrected chi connectivity index (χ1v) is 5.04. The van der Waals surface area contributed by atoms with Gasteiger partial charge in [-0.15, -0.1) is 0 Å². The normalized spacial score (nSPS) is 10.6. The Kier molecular flexibility index (Phi) is 4.83. The molecule has 0 saturated heterocycles. The molecule has 0 saturated carbocycles. The summed E-state index contributed by atoms with van der Waals surface area (Å²) in [6, 6.07) is 1.88. The Morgan fingerprint density at radius 1 is 1.60 bits per heavy atom. The van der Waals surface area contributed by atoms with E-state index in [4.69, 9.17) is 4.74 Å². The Bertz CT molecular complexity index is 285. The van der Waals surface area contributed by atoms with Gasteiger partial charge in [-0.3, -0.25) is 14.4 Å². The van der Waals surface area contributed by atoms with Crippen molar-refractivity contribution in [3.8, 4) is 0 Å². The van der Waals surface area contributed by atoms with Crippen molar-refractivity contribution < 1.29 is 9.53 Å². The van der Waals surface area contributed by atoms with E-state index in [-0.39, 0.29) is 5.97 Å². The lowest BCUT2D eigenvalue weighted by atomic mass is 10.5. The van der Waals surface area contributed by atoms with Crippen molar-refractivity contribution in [1.29, 1.82) is 0 Å². The first-order chi connectivity index (χ1) is 7.22. The molecule has 1 aromatic rings. The molecule has 0 aliphatic carbocycles. The van der Waals surface area contributed by atoms with E-state index in [1.165, 1.54) is 0 Å². The van der Waals surface area contributed by atoms with Crippen LogP contribution in [0.2, 0.25) is 0 Å². The predicted octanol–water partition coefficient (Wildman–Crippen LogP) is 0.378. The Balaban J connectivity index is 2.18. The lowest BCUT2D eigenvalue weighted by Gasteiger charge is -2.15. The van der Waals surface area contributed by atoms with Crippen LogP contribution in [0.1, 0.15) is 6.92 Å². The standard InChI is InChI=1S/C10H17N3O2/c1-3-15-10(14)9-12(2)7-8-13-6-4-5-11-13/h4-6H,3,7-9H2,1-2H3. The third kappa shape index (κ3) is 4.60. The maximum atomic E-state index is 11.1. The number of likely N-dealkylation sites (N-methyl/N-ethyl adjacent to an activating group) is 1. The van der Waals surface area contributed by atoms with Gasteiger partial charge in [0, 0.05) is 18.9 Å². The highest BCUT2D eigenvalue weighted by Gasteiger charge is 2.06. The summed E-state index contributed by atoms with van der Waals surface area (Å²) in [5, 5.41) is 4.08. The van der Waals surface area contributed by atoms with Crippen LogP contribution in [0.15, 0.2) is 18.5 Å². The molecule has 15 heavy (non-hydrogen) atoms.